The number of nitrogens with one attached hydrogen (secondary N) is 1. The number of carboxylic acids is 1. The van der Waals surface area contributed by atoms with Crippen molar-refractivity contribution in [3.05, 3.63) is 72.3 Å². The van der Waals surface area contributed by atoms with Crippen molar-refractivity contribution in [1.82, 2.24) is 0 Å². The summed E-state index contributed by atoms with van der Waals surface area (Å²) in [7, 11) is 1.64. The summed E-state index contributed by atoms with van der Waals surface area (Å²) in [5, 5.41) is 12.1. The van der Waals surface area contributed by atoms with E-state index < -0.39 is 5.97 Å². The number of benzene rings is 3. The number of rotatable bonds is 5. The quantitative estimate of drug-likeness (QED) is 0.603. The molecule has 0 aliphatic heterocycles. The molecule has 0 aliphatic rings. The van der Waals surface area contributed by atoms with E-state index in [2.05, 4.69) is 5.32 Å². The smallest absolute Gasteiger partial charge is 0.335 e. The fourth-order valence-corrected chi connectivity index (χ4v) is 2.58. The van der Waals surface area contributed by atoms with Gasteiger partial charge in [-0.2, -0.15) is 0 Å². The molecule has 0 aliphatic carbocycles. The number of methoxy groups -OCH3 is 1. The maximum Gasteiger partial charge on any atom is 0.335 e. The monoisotopic (exact) mass is 334 g/mol. The lowest BCUT2D eigenvalue weighted by Gasteiger charge is -2.13. The number of ether oxygens (including phenoxy) is 1. The summed E-state index contributed by atoms with van der Waals surface area (Å²) < 4.78 is 5.39. The first kappa shape index (κ1) is 16.4. The maximum atomic E-state index is 10.9. The van der Waals surface area contributed by atoms with Crippen LogP contribution >= 0.6 is 0 Å². The second-order valence-electron chi connectivity index (χ2n) is 5.51. The van der Waals surface area contributed by atoms with Crippen LogP contribution in [0.25, 0.3) is 11.1 Å². The Labute approximate surface area is 145 Å². The molecule has 0 bridgehead atoms. The number of para-hydroxylation sites is 1. The maximum absolute atomic E-state index is 10.9. The molecular weight excluding hydrogens is 316 g/mol. The average molecular weight is 334 g/mol. The van der Waals surface area contributed by atoms with Crippen LogP contribution in [0.3, 0.4) is 0 Å². The lowest BCUT2D eigenvalue weighted by molar-refractivity contribution is 0.0697. The van der Waals surface area contributed by atoms with Gasteiger partial charge < -0.3 is 20.9 Å². The van der Waals surface area contributed by atoms with E-state index in [0.717, 1.165) is 28.3 Å². The summed E-state index contributed by atoms with van der Waals surface area (Å²) in [5.41, 5.74) is 10.5. The summed E-state index contributed by atoms with van der Waals surface area (Å²) in [6.07, 6.45) is 0. The van der Waals surface area contributed by atoms with E-state index in [1.165, 1.54) is 0 Å². The van der Waals surface area contributed by atoms with Gasteiger partial charge in [0.25, 0.3) is 0 Å². The van der Waals surface area contributed by atoms with Crippen LogP contribution in [0.4, 0.5) is 17.1 Å². The Hall–Kier alpha value is -3.47. The van der Waals surface area contributed by atoms with Crippen LogP contribution in [0.15, 0.2) is 66.7 Å². The SMILES string of the molecule is COc1ccccc1-c1ccc(Nc2ccc(C(=O)O)cc2)c(N)c1. The Balaban J connectivity index is 1.86. The standard InChI is InChI=1S/C20H18N2O3/c1-25-19-5-3-2-4-16(19)14-8-11-18(17(21)12-14)22-15-9-6-13(7-10-15)20(23)24/h2-12,22H,21H2,1H3,(H,23,24). The molecule has 3 rings (SSSR count). The Bertz CT molecular complexity index is 905. The van der Waals surface area contributed by atoms with Crippen molar-refractivity contribution >= 4 is 23.0 Å². The summed E-state index contributed by atoms with van der Waals surface area (Å²) >= 11 is 0. The molecule has 126 valence electrons. The molecule has 0 spiro atoms. The Morgan fingerprint density at radius 3 is 2.40 bits per heavy atom. The van der Waals surface area contributed by atoms with E-state index >= 15 is 0 Å². The van der Waals surface area contributed by atoms with Crippen molar-refractivity contribution in [3.63, 3.8) is 0 Å². The van der Waals surface area contributed by atoms with Crippen molar-refractivity contribution < 1.29 is 14.6 Å². The van der Waals surface area contributed by atoms with Gasteiger partial charge in [0.1, 0.15) is 5.75 Å². The van der Waals surface area contributed by atoms with Crippen LogP contribution in [0.2, 0.25) is 0 Å². The molecule has 5 nitrogen and oxygen atoms in total. The minimum atomic E-state index is -0.952. The van der Waals surface area contributed by atoms with Crippen molar-refractivity contribution in [2.75, 3.05) is 18.2 Å². The molecule has 0 aromatic heterocycles. The predicted molar refractivity (Wildman–Crippen MR) is 99.5 cm³/mol. The normalized spacial score (nSPS) is 10.3. The molecule has 4 N–H and O–H groups in total. The van der Waals surface area contributed by atoms with Crippen LogP contribution in [-0.2, 0) is 0 Å². The number of hydrogen-bond donors (Lipinski definition) is 3. The van der Waals surface area contributed by atoms with Gasteiger partial charge in [-0.1, -0.05) is 24.3 Å². The molecule has 3 aromatic carbocycles. The Morgan fingerprint density at radius 2 is 1.76 bits per heavy atom. The fourth-order valence-electron chi connectivity index (χ4n) is 2.58. The molecule has 3 aromatic rings. The van der Waals surface area contributed by atoms with Gasteiger partial charge in [0.2, 0.25) is 0 Å². The van der Waals surface area contributed by atoms with Gasteiger partial charge in [-0.25, -0.2) is 4.79 Å². The Morgan fingerprint density at radius 1 is 1.04 bits per heavy atom. The summed E-state index contributed by atoms with van der Waals surface area (Å²) in [5.74, 6) is -0.168. The molecule has 5 heteroatoms. The number of anilines is 3. The molecule has 0 amide bonds. The Kier molecular flexibility index (Phi) is 4.57. The zero-order valence-electron chi connectivity index (χ0n) is 13.7. The fraction of sp³-hybridized carbons (Fsp3) is 0.0500. The van der Waals surface area contributed by atoms with E-state index in [1.54, 1.807) is 31.4 Å². The van der Waals surface area contributed by atoms with Gasteiger partial charge in [0.15, 0.2) is 0 Å². The molecule has 25 heavy (non-hydrogen) atoms. The van der Waals surface area contributed by atoms with Gasteiger partial charge in [0.05, 0.1) is 24.0 Å². The van der Waals surface area contributed by atoms with Crippen molar-refractivity contribution in [1.29, 1.82) is 0 Å². The number of nitrogens with two attached hydrogens (primary N) is 1. The minimum Gasteiger partial charge on any atom is -0.496 e. The second kappa shape index (κ2) is 6.97. The van der Waals surface area contributed by atoms with Gasteiger partial charge in [-0.05, 0) is 48.0 Å². The number of hydrogen-bond acceptors (Lipinski definition) is 4. The minimum absolute atomic E-state index is 0.241. The molecular formula is C20H18N2O3. The summed E-state index contributed by atoms with van der Waals surface area (Å²) in [6, 6.07) is 20.0. The van der Waals surface area contributed by atoms with Crippen molar-refractivity contribution in [2.45, 2.75) is 0 Å². The lowest BCUT2D eigenvalue weighted by Crippen LogP contribution is -1.99. The molecule has 0 fully saturated rings. The van der Waals surface area contributed by atoms with Crippen LogP contribution in [0.1, 0.15) is 10.4 Å². The average Bonchev–Trinajstić information content (AvgIpc) is 2.63. The number of nitrogen functional groups attached to an aromatic ring is 1. The first-order valence-corrected chi connectivity index (χ1v) is 7.72. The van der Waals surface area contributed by atoms with Gasteiger partial charge >= 0.3 is 5.97 Å². The molecule has 0 radical (unpaired) electrons. The van der Waals surface area contributed by atoms with Crippen molar-refractivity contribution in [3.8, 4) is 16.9 Å². The van der Waals surface area contributed by atoms with Gasteiger partial charge in [-0.3, -0.25) is 0 Å². The number of carbonyl (C=O) groups is 1. The van der Waals surface area contributed by atoms with Crippen LogP contribution in [0.5, 0.6) is 5.75 Å². The summed E-state index contributed by atoms with van der Waals surface area (Å²) in [4.78, 5) is 10.9. The second-order valence-corrected chi connectivity index (χ2v) is 5.51. The first-order valence-electron chi connectivity index (χ1n) is 7.72. The largest absolute Gasteiger partial charge is 0.496 e. The zero-order valence-corrected chi connectivity index (χ0v) is 13.7. The highest BCUT2D eigenvalue weighted by Crippen LogP contribution is 2.33. The molecule has 0 unspecified atom stereocenters. The van der Waals surface area contributed by atoms with Gasteiger partial charge in [-0.15, -0.1) is 0 Å². The van der Waals surface area contributed by atoms with E-state index in [1.807, 2.05) is 42.5 Å². The topological polar surface area (TPSA) is 84.6 Å². The third kappa shape index (κ3) is 3.55. The van der Waals surface area contributed by atoms with Crippen molar-refractivity contribution in [2.24, 2.45) is 0 Å². The third-order valence-electron chi connectivity index (χ3n) is 3.88. The van der Waals surface area contributed by atoms with E-state index in [4.69, 9.17) is 15.6 Å². The highest BCUT2D eigenvalue weighted by atomic mass is 16.5. The first-order chi connectivity index (χ1) is 12.1. The lowest BCUT2D eigenvalue weighted by atomic mass is 10.0. The summed E-state index contributed by atoms with van der Waals surface area (Å²) in [6.45, 7) is 0. The molecule has 0 saturated carbocycles. The van der Waals surface area contributed by atoms with Crippen LogP contribution in [0, 0.1) is 0 Å². The predicted octanol–water partition coefficient (Wildman–Crippen LogP) is 4.39. The number of carboxylic acid groups (broad SMARTS) is 1. The molecule has 0 saturated heterocycles. The van der Waals surface area contributed by atoms with E-state index in [-0.39, 0.29) is 5.56 Å². The third-order valence-corrected chi connectivity index (χ3v) is 3.88. The van der Waals surface area contributed by atoms with Crippen LogP contribution < -0.4 is 15.8 Å². The number of aromatic carboxylic acids is 1. The molecule has 0 heterocycles. The van der Waals surface area contributed by atoms with E-state index in [0.29, 0.717) is 5.69 Å². The molecule has 0 atom stereocenters. The van der Waals surface area contributed by atoms with E-state index in [9.17, 15) is 4.79 Å². The zero-order chi connectivity index (χ0) is 17.8. The highest BCUT2D eigenvalue weighted by molar-refractivity contribution is 5.88. The van der Waals surface area contributed by atoms with Crippen LogP contribution in [-0.4, -0.2) is 18.2 Å². The van der Waals surface area contributed by atoms with Gasteiger partial charge in [0, 0.05) is 11.3 Å². The highest BCUT2D eigenvalue weighted by Gasteiger charge is 2.08.